The first kappa shape index (κ1) is 30.5. The van der Waals surface area contributed by atoms with Gasteiger partial charge in [-0.05, 0) is 56.9 Å². The molecule has 3 aromatic heterocycles. The summed E-state index contributed by atoms with van der Waals surface area (Å²) in [5.74, 6) is -0.248. The van der Waals surface area contributed by atoms with Gasteiger partial charge in [0, 0.05) is 50.4 Å². The second-order valence-corrected chi connectivity index (χ2v) is 12.9. The number of rotatable bonds is 7. The van der Waals surface area contributed by atoms with Crippen LogP contribution in [0, 0.1) is 5.82 Å². The van der Waals surface area contributed by atoms with Gasteiger partial charge in [-0.2, -0.15) is 5.10 Å². The maximum Gasteiger partial charge on any atom is 0.407 e. The third-order valence-electron chi connectivity index (χ3n) is 8.28. The van der Waals surface area contributed by atoms with Crippen molar-refractivity contribution < 1.29 is 19.0 Å². The van der Waals surface area contributed by atoms with Crippen molar-refractivity contribution in [1.29, 1.82) is 0 Å². The molecular formula is C33H38FN7O4. The number of amides is 1. The minimum absolute atomic E-state index is 0.116. The number of ether oxygens (including phenoxy) is 1. The van der Waals surface area contributed by atoms with Gasteiger partial charge in [-0.3, -0.25) is 18.9 Å². The molecule has 1 aliphatic heterocycles. The molecule has 0 radical (unpaired) electrons. The summed E-state index contributed by atoms with van der Waals surface area (Å²) in [6.07, 6.45) is 3.71. The fourth-order valence-corrected chi connectivity index (χ4v) is 5.96. The van der Waals surface area contributed by atoms with Crippen molar-refractivity contribution in [2.24, 2.45) is 7.05 Å². The highest BCUT2D eigenvalue weighted by molar-refractivity contribution is 5.89. The molecular weight excluding hydrogens is 577 g/mol. The monoisotopic (exact) mass is 615 g/mol. The lowest BCUT2D eigenvalue weighted by molar-refractivity contribution is -0.0364. The molecule has 45 heavy (non-hydrogen) atoms. The van der Waals surface area contributed by atoms with Crippen molar-refractivity contribution in [3.05, 3.63) is 82.3 Å². The van der Waals surface area contributed by atoms with Gasteiger partial charge in [0.2, 0.25) is 0 Å². The van der Waals surface area contributed by atoms with Crippen LogP contribution in [0.3, 0.4) is 0 Å². The SMILES string of the molecule is Cn1nc2c(=O)n(CC3(O)CCN(Cc4ccc(F)c5cc[nH]c45)CC3)cnc2c1-c1ccc(CNC(=O)OC(C)(C)C)cc1. The number of aliphatic hydroxyl groups is 1. The lowest BCUT2D eigenvalue weighted by atomic mass is 9.91. The normalized spacial score (nSPS) is 15.5. The molecule has 1 saturated heterocycles. The van der Waals surface area contributed by atoms with Crippen LogP contribution >= 0.6 is 0 Å². The smallest absolute Gasteiger partial charge is 0.407 e. The van der Waals surface area contributed by atoms with Gasteiger partial charge in [0.05, 0.1) is 29.7 Å². The molecule has 1 fully saturated rings. The summed E-state index contributed by atoms with van der Waals surface area (Å²) in [4.78, 5) is 35.5. The summed E-state index contributed by atoms with van der Waals surface area (Å²) in [6.45, 7) is 7.78. The number of likely N-dealkylation sites (tertiary alicyclic amines) is 1. The van der Waals surface area contributed by atoms with Gasteiger partial charge >= 0.3 is 6.09 Å². The Morgan fingerprint density at radius 3 is 2.56 bits per heavy atom. The Hall–Kier alpha value is -4.55. The van der Waals surface area contributed by atoms with E-state index >= 15 is 0 Å². The highest BCUT2D eigenvalue weighted by Crippen LogP contribution is 2.29. The van der Waals surface area contributed by atoms with E-state index in [-0.39, 0.29) is 23.4 Å². The number of halogens is 1. The maximum absolute atomic E-state index is 14.1. The van der Waals surface area contributed by atoms with Gasteiger partial charge in [0.1, 0.15) is 16.9 Å². The number of carbonyl (C=O) groups excluding carboxylic acids is 1. The first-order valence-electron chi connectivity index (χ1n) is 15.1. The van der Waals surface area contributed by atoms with E-state index in [9.17, 15) is 19.1 Å². The molecule has 6 rings (SSSR count). The molecule has 5 aromatic rings. The molecule has 0 spiro atoms. The van der Waals surface area contributed by atoms with E-state index < -0.39 is 17.3 Å². The third kappa shape index (κ3) is 6.47. The molecule has 0 atom stereocenters. The average Bonchev–Trinajstić information content (AvgIpc) is 3.62. The Balaban J connectivity index is 1.12. The Morgan fingerprint density at radius 2 is 1.84 bits per heavy atom. The summed E-state index contributed by atoms with van der Waals surface area (Å²) >= 11 is 0. The van der Waals surface area contributed by atoms with E-state index in [0.717, 1.165) is 22.2 Å². The largest absolute Gasteiger partial charge is 0.444 e. The number of alkyl carbamates (subject to hydrolysis) is 1. The van der Waals surface area contributed by atoms with Crippen LogP contribution < -0.4 is 10.9 Å². The Morgan fingerprint density at radius 1 is 1.11 bits per heavy atom. The molecule has 2 aromatic carbocycles. The summed E-state index contributed by atoms with van der Waals surface area (Å²) < 4.78 is 22.5. The fourth-order valence-electron chi connectivity index (χ4n) is 5.96. The van der Waals surface area contributed by atoms with Gasteiger partial charge < -0.3 is 20.1 Å². The Kier molecular flexibility index (Phi) is 7.96. The molecule has 1 aliphatic rings. The lowest BCUT2D eigenvalue weighted by Gasteiger charge is -2.38. The van der Waals surface area contributed by atoms with Gasteiger partial charge in [0.15, 0.2) is 5.52 Å². The number of fused-ring (bicyclic) bond motifs is 2. The van der Waals surface area contributed by atoms with E-state index in [1.165, 1.54) is 17.0 Å². The second kappa shape index (κ2) is 11.8. The molecule has 0 aliphatic carbocycles. The molecule has 0 saturated carbocycles. The summed E-state index contributed by atoms with van der Waals surface area (Å²) in [6, 6.07) is 12.6. The molecule has 0 unspecified atom stereocenters. The van der Waals surface area contributed by atoms with E-state index in [0.29, 0.717) is 55.6 Å². The highest BCUT2D eigenvalue weighted by Gasteiger charge is 2.34. The van der Waals surface area contributed by atoms with Crippen LogP contribution in [0.4, 0.5) is 9.18 Å². The van der Waals surface area contributed by atoms with E-state index in [4.69, 9.17) is 4.74 Å². The predicted octanol–water partition coefficient (Wildman–Crippen LogP) is 4.47. The Labute approximate surface area is 259 Å². The predicted molar refractivity (Wildman–Crippen MR) is 169 cm³/mol. The zero-order valence-corrected chi connectivity index (χ0v) is 25.9. The minimum Gasteiger partial charge on any atom is -0.444 e. The van der Waals surface area contributed by atoms with Crippen molar-refractivity contribution in [3.8, 4) is 11.3 Å². The number of aromatic amines is 1. The van der Waals surface area contributed by atoms with Gasteiger partial charge in [-0.1, -0.05) is 30.3 Å². The van der Waals surface area contributed by atoms with Gasteiger partial charge in [-0.15, -0.1) is 0 Å². The van der Waals surface area contributed by atoms with Crippen molar-refractivity contribution in [1.82, 2.24) is 34.5 Å². The van der Waals surface area contributed by atoms with Crippen LogP contribution in [0.15, 0.2) is 59.8 Å². The molecule has 0 bridgehead atoms. The zero-order valence-electron chi connectivity index (χ0n) is 25.9. The number of carbonyl (C=O) groups is 1. The van der Waals surface area contributed by atoms with Crippen LogP contribution in [0.2, 0.25) is 0 Å². The number of H-pyrrole nitrogens is 1. The van der Waals surface area contributed by atoms with Crippen LogP contribution in [0.1, 0.15) is 44.7 Å². The number of benzene rings is 2. The molecule has 236 valence electrons. The van der Waals surface area contributed by atoms with Crippen LogP contribution in [0.25, 0.3) is 33.2 Å². The highest BCUT2D eigenvalue weighted by atomic mass is 19.1. The lowest BCUT2D eigenvalue weighted by Crippen LogP contribution is -2.47. The van der Waals surface area contributed by atoms with Crippen LogP contribution in [-0.4, -0.2) is 64.7 Å². The second-order valence-electron chi connectivity index (χ2n) is 12.9. The quantitative estimate of drug-likeness (QED) is 0.246. The van der Waals surface area contributed by atoms with Crippen LogP contribution in [0.5, 0.6) is 0 Å². The topological polar surface area (TPSA) is 130 Å². The van der Waals surface area contributed by atoms with E-state index in [1.807, 2.05) is 45.0 Å². The first-order valence-corrected chi connectivity index (χ1v) is 15.1. The molecule has 4 heterocycles. The van der Waals surface area contributed by atoms with Crippen molar-refractivity contribution in [3.63, 3.8) is 0 Å². The summed E-state index contributed by atoms with van der Waals surface area (Å²) in [5.41, 5.74) is 2.98. The average molecular weight is 616 g/mol. The number of aryl methyl sites for hydroxylation is 1. The summed E-state index contributed by atoms with van der Waals surface area (Å²) in [7, 11) is 1.77. The number of aromatic nitrogens is 5. The van der Waals surface area contributed by atoms with Gasteiger partial charge in [-0.25, -0.2) is 14.2 Å². The minimum atomic E-state index is -1.07. The van der Waals surface area contributed by atoms with E-state index in [1.54, 1.807) is 30.1 Å². The van der Waals surface area contributed by atoms with Crippen molar-refractivity contribution >= 4 is 28.0 Å². The number of hydrogen-bond acceptors (Lipinski definition) is 7. The maximum atomic E-state index is 14.1. The number of piperidine rings is 1. The number of hydrogen-bond donors (Lipinski definition) is 3. The zero-order chi connectivity index (χ0) is 31.9. The van der Waals surface area contributed by atoms with E-state index in [2.05, 4.69) is 25.3 Å². The van der Waals surface area contributed by atoms with Crippen molar-refractivity contribution in [2.75, 3.05) is 13.1 Å². The first-order chi connectivity index (χ1) is 21.4. The number of nitrogens with one attached hydrogen (secondary N) is 2. The molecule has 1 amide bonds. The molecule has 11 nitrogen and oxygen atoms in total. The van der Waals surface area contributed by atoms with Crippen LogP contribution in [-0.2, 0) is 31.4 Å². The number of nitrogens with zero attached hydrogens (tertiary/aromatic N) is 5. The van der Waals surface area contributed by atoms with Gasteiger partial charge in [0.25, 0.3) is 5.56 Å². The fraction of sp³-hybridized carbons (Fsp3) is 0.394. The van der Waals surface area contributed by atoms with Crippen molar-refractivity contribution in [2.45, 2.75) is 64.4 Å². The molecule has 3 N–H and O–H groups in total. The summed E-state index contributed by atoms with van der Waals surface area (Å²) in [5, 5.41) is 19.3. The molecule has 12 heteroatoms. The Bertz CT molecular complexity index is 1910. The standard InChI is InChI=1S/C33H38FN7O4/c1-32(2,3)45-31(43)36-17-21-5-7-22(8-6-21)29-27-28(38-39(29)4)30(42)41(20-37-27)19-33(44)12-15-40(16-13-33)18-23-9-10-25(34)24-11-14-35-26(23)24/h5-11,14,20,35,44H,12-13,15-19H2,1-4H3,(H,36,43). The third-order valence-corrected chi connectivity index (χ3v) is 8.28.